The minimum absolute atomic E-state index is 0.0249. The maximum Gasteiger partial charge on any atom is 0.322 e. The van der Waals surface area contributed by atoms with E-state index in [1.54, 1.807) is 0 Å². The number of nitrogens with two attached hydrogens (primary N) is 1. The molecule has 3 atom stereocenters. The SMILES string of the molecule is CC(C)CC(N)C(=O)NC(CS)C(=O)NC(CC(C)C)C(=O)NCC(=O)O. The highest BCUT2D eigenvalue weighted by Gasteiger charge is 2.28. The molecule has 0 fully saturated rings. The molecule has 0 heterocycles. The van der Waals surface area contributed by atoms with Crippen molar-refractivity contribution in [1.29, 1.82) is 0 Å². The first-order valence-corrected chi connectivity index (χ1v) is 9.57. The van der Waals surface area contributed by atoms with Gasteiger partial charge in [0, 0.05) is 5.75 Å². The summed E-state index contributed by atoms with van der Waals surface area (Å²) >= 11 is 4.09. The Balaban J connectivity index is 4.96. The van der Waals surface area contributed by atoms with Crippen molar-refractivity contribution in [2.24, 2.45) is 17.6 Å². The van der Waals surface area contributed by atoms with Gasteiger partial charge in [-0.2, -0.15) is 12.6 Å². The van der Waals surface area contributed by atoms with Crippen LogP contribution in [0.3, 0.4) is 0 Å². The number of hydrogen-bond acceptors (Lipinski definition) is 6. The number of hydrogen-bond donors (Lipinski definition) is 6. The van der Waals surface area contributed by atoms with E-state index in [2.05, 4.69) is 28.6 Å². The van der Waals surface area contributed by atoms with Gasteiger partial charge >= 0.3 is 5.97 Å². The molecule has 0 aromatic heterocycles. The van der Waals surface area contributed by atoms with Gasteiger partial charge in [0.05, 0.1) is 6.04 Å². The molecule has 0 bridgehead atoms. The summed E-state index contributed by atoms with van der Waals surface area (Å²) in [6.45, 7) is 7.06. The first-order chi connectivity index (χ1) is 12.5. The van der Waals surface area contributed by atoms with Gasteiger partial charge in [0.15, 0.2) is 0 Å². The van der Waals surface area contributed by atoms with Crippen molar-refractivity contribution in [3.05, 3.63) is 0 Å². The van der Waals surface area contributed by atoms with Crippen LogP contribution < -0.4 is 21.7 Å². The first kappa shape index (κ1) is 25.2. The molecule has 0 saturated carbocycles. The molecule has 0 aliphatic rings. The minimum Gasteiger partial charge on any atom is -0.480 e. The maximum absolute atomic E-state index is 12.5. The molecule has 156 valence electrons. The van der Waals surface area contributed by atoms with Crippen molar-refractivity contribution in [1.82, 2.24) is 16.0 Å². The summed E-state index contributed by atoms with van der Waals surface area (Å²) in [4.78, 5) is 47.4. The minimum atomic E-state index is -1.18. The predicted molar refractivity (Wildman–Crippen MR) is 105 cm³/mol. The standard InChI is InChI=1S/C17H32N4O5S/c1-9(2)5-11(18)15(24)21-13(8-27)17(26)20-12(6-10(3)4)16(25)19-7-14(22)23/h9-13,27H,5-8,18H2,1-4H3,(H,19,25)(H,20,26)(H,21,24)(H,22,23). The van der Waals surface area contributed by atoms with Gasteiger partial charge in [-0.3, -0.25) is 19.2 Å². The van der Waals surface area contributed by atoms with E-state index in [1.165, 1.54) is 0 Å². The molecule has 9 nitrogen and oxygen atoms in total. The zero-order chi connectivity index (χ0) is 21.1. The molecule has 0 rings (SSSR count). The lowest BCUT2D eigenvalue weighted by molar-refractivity contribution is -0.138. The zero-order valence-electron chi connectivity index (χ0n) is 16.3. The summed E-state index contributed by atoms with van der Waals surface area (Å²) in [5.41, 5.74) is 5.82. The van der Waals surface area contributed by atoms with E-state index < -0.39 is 48.4 Å². The summed E-state index contributed by atoms with van der Waals surface area (Å²) in [6.07, 6.45) is 0.789. The van der Waals surface area contributed by atoms with Crippen molar-refractivity contribution in [3.8, 4) is 0 Å². The Bertz CT molecular complexity index is 527. The molecule has 0 aromatic carbocycles. The summed E-state index contributed by atoms with van der Waals surface area (Å²) in [5, 5.41) is 16.0. The molecule has 3 amide bonds. The fourth-order valence-electron chi connectivity index (χ4n) is 2.35. The molecule has 0 saturated heterocycles. The number of amides is 3. The molecule has 6 N–H and O–H groups in total. The number of carbonyl (C=O) groups excluding carboxylic acids is 3. The smallest absolute Gasteiger partial charge is 0.322 e. The normalized spacial score (nSPS) is 14.4. The van der Waals surface area contributed by atoms with Crippen molar-refractivity contribution < 1.29 is 24.3 Å². The number of rotatable bonds is 12. The van der Waals surface area contributed by atoms with Crippen LogP contribution in [0.1, 0.15) is 40.5 Å². The monoisotopic (exact) mass is 404 g/mol. The quantitative estimate of drug-likeness (QED) is 0.242. The average molecular weight is 405 g/mol. The third-order valence-corrected chi connectivity index (χ3v) is 4.00. The molecule has 10 heteroatoms. The first-order valence-electron chi connectivity index (χ1n) is 8.94. The van der Waals surface area contributed by atoms with Crippen LogP contribution in [-0.4, -0.2) is 59.2 Å². The van der Waals surface area contributed by atoms with E-state index in [-0.39, 0.29) is 17.6 Å². The zero-order valence-corrected chi connectivity index (χ0v) is 17.2. The van der Waals surface area contributed by atoms with Crippen LogP contribution in [0.5, 0.6) is 0 Å². The second-order valence-electron chi connectivity index (χ2n) is 7.28. The van der Waals surface area contributed by atoms with Gasteiger partial charge in [0.1, 0.15) is 18.6 Å². The maximum atomic E-state index is 12.5. The highest BCUT2D eigenvalue weighted by atomic mass is 32.1. The second-order valence-corrected chi connectivity index (χ2v) is 7.65. The van der Waals surface area contributed by atoms with Crippen LogP contribution in [0.2, 0.25) is 0 Å². The van der Waals surface area contributed by atoms with Gasteiger partial charge in [0.2, 0.25) is 17.7 Å². The number of carboxylic acids is 1. The molecule has 0 spiro atoms. The van der Waals surface area contributed by atoms with Gasteiger partial charge in [0.25, 0.3) is 0 Å². The Morgan fingerprint density at radius 2 is 1.41 bits per heavy atom. The number of thiol groups is 1. The summed E-state index contributed by atoms with van der Waals surface area (Å²) < 4.78 is 0. The Kier molecular flexibility index (Phi) is 11.7. The van der Waals surface area contributed by atoms with Crippen LogP contribution >= 0.6 is 12.6 Å². The van der Waals surface area contributed by atoms with Crippen molar-refractivity contribution in [2.45, 2.75) is 58.7 Å². The van der Waals surface area contributed by atoms with E-state index in [1.807, 2.05) is 27.7 Å². The van der Waals surface area contributed by atoms with Gasteiger partial charge in [-0.15, -0.1) is 0 Å². The molecule has 0 aromatic rings. The van der Waals surface area contributed by atoms with Crippen LogP contribution in [-0.2, 0) is 19.2 Å². The topological polar surface area (TPSA) is 151 Å². The third-order valence-electron chi connectivity index (χ3n) is 3.63. The lowest BCUT2D eigenvalue weighted by Crippen LogP contribution is -2.57. The Hall–Kier alpha value is -1.81. The number of carbonyl (C=O) groups is 4. The van der Waals surface area contributed by atoms with Crippen LogP contribution in [0.15, 0.2) is 0 Å². The molecular formula is C17H32N4O5S. The number of carboxylic acid groups (broad SMARTS) is 1. The van der Waals surface area contributed by atoms with E-state index in [0.717, 1.165) is 0 Å². The van der Waals surface area contributed by atoms with Gasteiger partial charge in [-0.05, 0) is 24.7 Å². The second kappa shape index (κ2) is 12.6. The van der Waals surface area contributed by atoms with E-state index in [9.17, 15) is 19.2 Å². The molecular weight excluding hydrogens is 372 g/mol. The summed E-state index contributed by atoms with van der Waals surface area (Å²) in [5.74, 6) is -2.49. The highest BCUT2D eigenvalue weighted by molar-refractivity contribution is 7.80. The fraction of sp³-hybridized carbons (Fsp3) is 0.765. The van der Waals surface area contributed by atoms with Crippen LogP contribution in [0.25, 0.3) is 0 Å². The Labute approximate surface area is 165 Å². The van der Waals surface area contributed by atoms with Gasteiger partial charge < -0.3 is 26.8 Å². The highest BCUT2D eigenvalue weighted by Crippen LogP contribution is 2.07. The van der Waals surface area contributed by atoms with Crippen molar-refractivity contribution in [2.75, 3.05) is 12.3 Å². The molecule has 0 aliphatic carbocycles. The Morgan fingerprint density at radius 1 is 0.889 bits per heavy atom. The predicted octanol–water partition coefficient (Wildman–Crippen LogP) is -0.494. The van der Waals surface area contributed by atoms with E-state index in [4.69, 9.17) is 10.8 Å². The summed E-state index contributed by atoms with van der Waals surface area (Å²) in [7, 11) is 0. The van der Waals surface area contributed by atoms with Gasteiger partial charge in [-0.25, -0.2) is 0 Å². The van der Waals surface area contributed by atoms with E-state index in [0.29, 0.717) is 12.8 Å². The average Bonchev–Trinajstić information content (AvgIpc) is 2.55. The van der Waals surface area contributed by atoms with Gasteiger partial charge in [-0.1, -0.05) is 27.7 Å². The molecule has 0 aliphatic heterocycles. The fourth-order valence-corrected chi connectivity index (χ4v) is 2.61. The van der Waals surface area contributed by atoms with Crippen LogP contribution in [0, 0.1) is 11.8 Å². The molecule has 0 radical (unpaired) electrons. The lowest BCUT2D eigenvalue weighted by Gasteiger charge is -2.24. The Morgan fingerprint density at radius 3 is 1.85 bits per heavy atom. The van der Waals surface area contributed by atoms with E-state index >= 15 is 0 Å². The largest absolute Gasteiger partial charge is 0.480 e. The lowest BCUT2D eigenvalue weighted by atomic mass is 10.0. The van der Waals surface area contributed by atoms with Crippen molar-refractivity contribution >= 4 is 36.3 Å². The third kappa shape index (κ3) is 10.8. The molecule has 3 unspecified atom stereocenters. The van der Waals surface area contributed by atoms with Crippen LogP contribution in [0.4, 0.5) is 0 Å². The molecule has 27 heavy (non-hydrogen) atoms. The number of nitrogens with one attached hydrogen (secondary N) is 3. The van der Waals surface area contributed by atoms with Crippen molar-refractivity contribution in [3.63, 3.8) is 0 Å². The number of aliphatic carboxylic acids is 1. The summed E-state index contributed by atoms with van der Waals surface area (Å²) in [6, 6.07) is -2.62.